The van der Waals surface area contributed by atoms with Gasteiger partial charge in [0.15, 0.2) is 5.13 Å². The number of thiazole rings is 1. The summed E-state index contributed by atoms with van der Waals surface area (Å²) in [6.45, 7) is 2.66. The van der Waals surface area contributed by atoms with Crippen LogP contribution in [0.15, 0.2) is 35.7 Å². The lowest BCUT2D eigenvalue weighted by Gasteiger charge is -2.04. The van der Waals surface area contributed by atoms with Gasteiger partial charge in [0.1, 0.15) is 0 Å². The van der Waals surface area contributed by atoms with Crippen molar-refractivity contribution >= 4 is 28.3 Å². The highest BCUT2D eigenvalue weighted by molar-refractivity contribution is 7.14. The van der Waals surface area contributed by atoms with Gasteiger partial charge >= 0.3 is 11.8 Å². The predicted octanol–water partition coefficient (Wildman–Crippen LogP) is 3.45. The maximum atomic E-state index is 11.8. The average molecular weight is 331 g/mol. The number of carbonyl (C=O) groups is 2. The SMILES string of the molecule is CCCCCCNC(=O)C(=O)Nc1nc(-c2ccccc2)cs1. The first-order valence-corrected chi connectivity index (χ1v) is 8.68. The van der Waals surface area contributed by atoms with Crippen molar-refractivity contribution in [2.45, 2.75) is 32.6 Å². The van der Waals surface area contributed by atoms with E-state index in [-0.39, 0.29) is 0 Å². The van der Waals surface area contributed by atoms with Crippen LogP contribution in [0.1, 0.15) is 32.6 Å². The topological polar surface area (TPSA) is 71.1 Å². The first-order valence-electron chi connectivity index (χ1n) is 7.81. The van der Waals surface area contributed by atoms with Crippen LogP contribution in [0.3, 0.4) is 0 Å². The van der Waals surface area contributed by atoms with Gasteiger partial charge in [-0.25, -0.2) is 4.98 Å². The van der Waals surface area contributed by atoms with Crippen LogP contribution in [-0.4, -0.2) is 23.3 Å². The maximum Gasteiger partial charge on any atom is 0.315 e. The molecule has 0 saturated heterocycles. The summed E-state index contributed by atoms with van der Waals surface area (Å²) in [7, 11) is 0. The molecule has 0 aliphatic rings. The number of unbranched alkanes of at least 4 members (excludes halogenated alkanes) is 3. The molecule has 0 unspecified atom stereocenters. The Bertz CT molecular complexity index is 640. The number of hydrogen-bond acceptors (Lipinski definition) is 4. The van der Waals surface area contributed by atoms with E-state index in [0.717, 1.165) is 36.9 Å². The molecule has 1 aromatic carbocycles. The van der Waals surface area contributed by atoms with E-state index >= 15 is 0 Å². The second-order valence-corrected chi connectivity index (χ2v) is 6.03. The molecule has 0 aliphatic carbocycles. The zero-order valence-electron chi connectivity index (χ0n) is 13.2. The van der Waals surface area contributed by atoms with Crippen LogP contribution in [0.25, 0.3) is 11.3 Å². The highest BCUT2D eigenvalue weighted by Crippen LogP contribution is 2.24. The summed E-state index contributed by atoms with van der Waals surface area (Å²) in [5, 5.41) is 7.45. The van der Waals surface area contributed by atoms with Gasteiger partial charge in [0.25, 0.3) is 0 Å². The lowest BCUT2D eigenvalue weighted by molar-refractivity contribution is -0.136. The third-order valence-corrected chi connectivity index (χ3v) is 4.07. The molecule has 5 nitrogen and oxygen atoms in total. The smallest absolute Gasteiger partial charge is 0.315 e. The normalized spacial score (nSPS) is 10.3. The third kappa shape index (κ3) is 5.49. The quantitative estimate of drug-likeness (QED) is 0.603. The highest BCUT2D eigenvalue weighted by Gasteiger charge is 2.15. The fourth-order valence-corrected chi connectivity index (χ4v) is 2.78. The number of hydrogen-bond donors (Lipinski definition) is 2. The minimum absolute atomic E-state index is 0.426. The first-order chi connectivity index (χ1) is 11.2. The molecular weight excluding hydrogens is 310 g/mol. The zero-order valence-corrected chi connectivity index (χ0v) is 14.0. The van der Waals surface area contributed by atoms with Gasteiger partial charge in [-0.2, -0.15) is 0 Å². The Morgan fingerprint density at radius 1 is 1.09 bits per heavy atom. The van der Waals surface area contributed by atoms with E-state index in [1.54, 1.807) is 0 Å². The third-order valence-electron chi connectivity index (χ3n) is 3.32. The lowest BCUT2D eigenvalue weighted by atomic mass is 10.2. The van der Waals surface area contributed by atoms with Gasteiger partial charge in [0.05, 0.1) is 5.69 Å². The van der Waals surface area contributed by atoms with Crippen LogP contribution in [0.2, 0.25) is 0 Å². The average Bonchev–Trinajstić information content (AvgIpc) is 3.03. The molecule has 1 heterocycles. The van der Waals surface area contributed by atoms with Crippen LogP contribution in [-0.2, 0) is 9.59 Å². The van der Waals surface area contributed by atoms with E-state index in [9.17, 15) is 9.59 Å². The van der Waals surface area contributed by atoms with Crippen molar-refractivity contribution in [3.63, 3.8) is 0 Å². The number of anilines is 1. The van der Waals surface area contributed by atoms with Crippen LogP contribution >= 0.6 is 11.3 Å². The summed E-state index contributed by atoms with van der Waals surface area (Å²) in [4.78, 5) is 27.9. The van der Waals surface area contributed by atoms with Crippen molar-refractivity contribution in [1.82, 2.24) is 10.3 Å². The van der Waals surface area contributed by atoms with Crippen LogP contribution < -0.4 is 10.6 Å². The molecule has 2 N–H and O–H groups in total. The number of nitrogens with one attached hydrogen (secondary N) is 2. The van der Waals surface area contributed by atoms with Crippen molar-refractivity contribution in [3.05, 3.63) is 35.7 Å². The summed E-state index contributed by atoms with van der Waals surface area (Å²) >= 11 is 1.30. The van der Waals surface area contributed by atoms with E-state index in [2.05, 4.69) is 22.5 Å². The Kier molecular flexibility index (Phi) is 6.75. The summed E-state index contributed by atoms with van der Waals surface area (Å²) in [5.41, 5.74) is 1.76. The van der Waals surface area contributed by atoms with Crippen LogP contribution in [0.5, 0.6) is 0 Å². The fraction of sp³-hybridized carbons (Fsp3) is 0.353. The largest absolute Gasteiger partial charge is 0.348 e. The van der Waals surface area contributed by atoms with E-state index < -0.39 is 11.8 Å². The minimum atomic E-state index is -0.672. The monoisotopic (exact) mass is 331 g/mol. The molecule has 23 heavy (non-hydrogen) atoms. The number of aromatic nitrogens is 1. The molecule has 0 spiro atoms. The molecule has 0 saturated carbocycles. The molecule has 122 valence electrons. The fourth-order valence-electron chi connectivity index (χ4n) is 2.06. The molecule has 1 aromatic heterocycles. The molecule has 0 bridgehead atoms. The first kappa shape index (κ1) is 17.1. The van der Waals surface area contributed by atoms with Crippen LogP contribution in [0, 0.1) is 0 Å². The Morgan fingerprint density at radius 2 is 1.87 bits per heavy atom. The highest BCUT2D eigenvalue weighted by atomic mass is 32.1. The number of nitrogens with zero attached hydrogens (tertiary/aromatic N) is 1. The number of amides is 2. The molecule has 0 fully saturated rings. The minimum Gasteiger partial charge on any atom is -0.348 e. The van der Waals surface area contributed by atoms with E-state index in [1.807, 2.05) is 35.7 Å². The maximum absolute atomic E-state index is 11.8. The Morgan fingerprint density at radius 3 is 2.61 bits per heavy atom. The van der Waals surface area contributed by atoms with Crippen molar-refractivity contribution in [2.24, 2.45) is 0 Å². The molecule has 2 aromatic rings. The van der Waals surface area contributed by atoms with Gasteiger partial charge in [0.2, 0.25) is 0 Å². The Balaban J connectivity index is 1.81. The Labute approximate surface area is 140 Å². The second kappa shape index (κ2) is 9.05. The van der Waals surface area contributed by atoms with Gasteiger partial charge < -0.3 is 5.32 Å². The van der Waals surface area contributed by atoms with Crippen molar-refractivity contribution in [1.29, 1.82) is 0 Å². The van der Waals surface area contributed by atoms with Gasteiger partial charge in [-0.05, 0) is 6.42 Å². The molecule has 0 radical (unpaired) electrons. The summed E-state index contributed by atoms with van der Waals surface area (Å²) in [6, 6.07) is 9.69. The van der Waals surface area contributed by atoms with Gasteiger partial charge in [-0.1, -0.05) is 56.5 Å². The van der Waals surface area contributed by atoms with Crippen molar-refractivity contribution in [3.8, 4) is 11.3 Å². The summed E-state index contributed by atoms with van der Waals surface area (Å²) < 4.78 is 0. The molecule has 6 heteroatoms. The lowest BCUT2D eigenvalue weighted by Crippen LogP contribution is -2.35. The van der Waals surface area contributed by atoms with Crippen LogP contribution in [0.4, 0.5) is 5.13 Å². The number of benzene rings is 1. The summed E-state index contributed by atoms with van der Waals surface area (Å²) in [5.74, 6) is -1.28. The molecular formula is C17H21N3O2S. The Hall–Kier alpha value is -2.21. The molecule has 0 aliphatic heterocycles. The van der Waals surface area contributed by atoms with E-state index in [1.165, 1.54) is 11.3 Å². The van der Waals surface area contributed by atoms with E-state index in [4.69, 9.17) is 0 Å². The van der Waals surface area contributed by atoms with E-state index in [0.29, 0.717) is 11.7 Å². The number of rotatable bonds is 7. The van der Waals surface area contributed by atoms with Gasteiger partial charge in [0, 0.05) is 17.5 Å². The van der Waals surface area contributed by atoms with Crippen molar-refractivity contribution in [2.75, 3.05) is 11.9 Å². The molecule has 2 amide bonds. The van der Waals surface area contributed by atoms with Crippen molar-refractivity contribution < 1.29 is 9.59 Å². The van der Waals surface area contributed by atoms with Gasteiger partial charge in [-0.3, -0.25) is 14.9 Å². The molecule has 2 rings (SSSR count). The standard InChI is InChI=1S/C17H21N3O2S/c1-2-3-4-8-11-18-15(21)16(22)20-17-19-14(12-23-17)13-9-6-5-7-10-13/h5-7,9-10,12H,2-4,8,11H2,1H3,(H,18,21)(H,19,20,22). The zero-order chi connectivity index (χ0) is 16.5. The molecule has 0 atom stereocenters. The second-order valence-electron chi connectivity index (χ2n) is 5.17. The number of carbonyl (C=O) groups excluding carboxylic acids is 2. The van der Waals surface area contributed by atoms with Gasteiger partial charge in [-0.15, -0.1) is 11.3 Å². The summed E-state index contributed by atoms with van der Waals surface area (Å²) in [6.07, 6.45) is 4.24. The predicted molar refractivity (Wildman–Crippen MR) is 93.3 cm³/mol.